The van der Waals surface area contributed by atoms with E-state index in [4.69, 9.17) is 5.73 Å². The molecule has 1 rings (SSSR count). The van der Waals surface area contributed by atoms with Crippen LogP contribution in [-0.4, -0.2) is 48.1 Å². The van der Waals surface area contributed by atoms with Crippen molar-refractivity contribution >= 4 is 11.8 Å². The zero-order chi connectivity index (χ0) is 17.0. The van der Waals surface area contributed by atoms with Gasteiger partial charge in [-0.15, -0.1) is 0 Å². The standard InChI is InChI=1S/C14H24F3N3O2/c1-3-6-13(2,18)11(21)19-9-10-4-7-20(8-5-10)12(22)14(15,16)17/h10H,3-9,18H2,1-2H3,(H,19,21). The van der Waals surface area contributed by atoms with E-state index in [9.17, 15) is 22.8 Å². The molecule has 128 valence electrons. The zero-order valence-electron chi connectivity index (χ0n) is 13.0. The Bertz CT molecular complexity index is 403. The lowest BCUT2D eigenvalue weighted by atomic mass is 9.94. The first-order valence-corrected chi connectivity index (χ1v) is 7.51. The molecule has 1 aliphatic rings. The molecule has 22 heavy (non-hydrogen) atoms. The number of amides is 2. The van der Waals surface area contributed by atoms with E-state index in [1.54, 1.807) is 6.92 Å². The zero-order valence-corrected chi connectivity index (χ0v) is 13.0. The number of nitrogens with zero attached hydrogens (tertiary/aromatic N) is 1. The highest BCUT2D eigenvalue weighted by atomic mass is 19.4. The summed E-state index contributed by atoms with van der Waals surface area (Å²) in [5.74, 6) is -1.96. The van der Waals surface area contributed by atoms with Gasteiger partial charge in [0.2, 0.25) is 5.91 Å². The molecule has 0 radical (unpaired) electrons. The summed E-state index contributed by atoms with van der Waals surface area (Å²) in [4.78, 5) is 23.9. The minimum Gasteiger partial charge on any atom is -0.354 e. The number of carbonyl (C=O) groups excluding carboxylic acids is 2. The number of alkyl halides is 3. The molecule has 1 unspecified atom stereocenters. The molecule has 0 aromatic heterocycles. The lowest BCUT2D eigenvalue weighted by molar-refractivity contribution is -0.186. The van der Waals surface area contributed by atoms with E-state index in [0.717, 1.165) is 11.3 Å². The monoisotopic (exact) mass is 323 g/mol. The van der Waals surface area contributed by atoms with Crippen LogP contribution in [0.1, 0.15) is 39.5 Å². The summed E-state index contributed by atoms with van der Waals surface area (Å²) in [5.41, 5.74) is 4.98. The molecule has 1 heterocycles. The molecule has 2 amide bonds. The van der Waals surface area contributed by atoms with Crippen molar-refractivity contribution in [1.82, 2.24) is 10.2 Å². The number of nitrogens with one attached hydrogen (secondary N) is 1. The normalized spacial score (nSPS) is 19.6. The average molecular weight is 323 g/mol. The van der Waals surface area contributed by atoms with E-state index in [2.05, 4.69) is 5.32 Å². The molecule has 0 spiro atoms. The van der Waals surface area contributed by atoms with Crippen molar-refractivity contribution in [2.45, 2.75) is 51.2 Å². The number of halogens is 3. The van der Waals surface area contributed by atoms with Crippen LogP contribution in [0, 0.1) is 5.92 Å². The molecule has 8 heteroatoms. The van der Waals surface area contributed by atoms with Gasteiger partial charge in [0.25, 0.3) is 0 Å². The molecule has 1 fully saturated rings. The summed E-state index contributed by atoms with van der Waals surface area (Å²) >= 11 is 0. The van der Waals surface area contributed by atoms with Crippen molar-refractivity contribution < 1.29 is 22.8 Å². The lowest BCUT2D eigenvalue weighted by Gasteiger charge is -2.33. The van der Waals surface area contributed by atoms with Crippen LogP contribution in [0.5, 0.6) is 0 Å². The number of rotatable bonds is 5. The van der Waals surface area contributed by atoms with E-state index in [1.807, 2.05) is 6.92 Å². The highest BCUT2D eigenvalue weighted by molar-refractivity contribution is 5.85. The van der Waals surface area contributed by atoms with Crippen molar-refractivity contribution in [1.29, 1.82) is 0 Å². The van der Waals surface area contributed by atoms with E-state index < -0.39 is 17.6 Å². The third-order valence-electron chi connectivity index (χ3n) is 3.98. The van der Waals surface area contributed by atoms with Gasteiger partial charge in [-0.05, 0) is 32.1 Å². The number of likely N-dealkylation sites (tertiary alicyclic amines) is 1. The molecule has 0 aliphatic carbocycles. The quantitative estimate of drug-likeness (QED) is 0.803. The summed E-state index contributed by atoms with van der Waals surface area (Å²) in [6, 6.07) is 0. The summed E-state index contributed by atoms with van der Waals surface area (Å²) in [5, 5.41) is 2.76. The van der Waals surface area contributed by atoms with Gasteiger partial charge in [0.15, 0.2) is 0 Å². The molecule has 0 bridgehead atoms. The smallest absolute Gasteiger partial charge is 0.354 e. The fourth-order valence-corrected chi connectivity index (χ4v) is 2.59. The van der Waals surface area contributed by atoms with E-state index in [-0.39, 0.29) is 24.9 Å². The Morgan fingerprint density at radius 1 is 1.27 bits per heavy atom. The van der Waals surface area contributed by atoms with E-state index >= 15 is 0 Å². The van der Waals surface area contributed by atoms with Crippen molar-refractivity contribution in [2.75, 3.05) is 19.6 Å². The maximum atomic E-state index is 12.3. The van der Waals surface area contributed by atoms with Gasteiger partial charge in [0, 0.05) is 19.6 Å². The fraction of sp³-hybridized carbons (Fsp3) is 0.857. The summed E-state index contributed by atoms with van der Waals surface area (Å²) in [7, 11) is 0. The van der Waals surface area contributed by atoms with Gasteiger partial charge in [0.05, 0.1) is 5.54 Å². The Hall–Kier alpha value is -1.31. The number of nitrogens with two attached hydrogens (primary N) is 1. The number of hydrogen-bond acceptors (Lipinski definition) is 3. The molecular formula is C14H24F3N3O2. The van der Waals surface area contributed by atoms with Crippen LogP contribution in [0.4, 0.5) is 13.2 Å². The lowest BCUT2D eigenvalue weighted by Crippen LogP contribution is -2.53. The first-order valence-electron chi connectivity index (χ1n) is 7.51. The number of hydrogen-bond donors (Lipinski definition) is 2. The first-order chi connectivity index (χ1) is 10.1. The Labute approximate surface area is 128 Å². The topological polar surface area (TPSA) is 75.4 Å². The Morgan fingerprint density at radius 3 is 2.27 bits per heavy atom. The first kappa shape index (κ1) is 18.7. The van der Waals surface area contributed by atoms with Gasteiger partial charge in [-0.1, -0.05) is 13.3 Å². The van der Waals surface area contributed by atoms with Crippen LogP contribution in [-0.2, 0) is 9.59 Å². The second-order valence-electron chi connectivity index (χ2n) is 6.11. The molecule has 0 saturated carbocycles. The third kappa shape index (κ3) is 5.15. The summed E-state index contributed by atoms with van der Waals surface area (Å²) in [6.45, 7) is 4.10. The molecule has 0 aromatic rings. The predicted molar refractivity (Wildman–Crippen MR) is 75.9 cm³/mol. The van der Waals surface area contributed by atoms with Crippen LogP contribution in [0.25, 0.3) is 0 Å². The van der Waals surface area contributed by atoms with Crippen molar-refractivity contribution in [3.63, 3.8) is 0 Å². The highest BCUT2D eigenvalue weighted by Crippen LogP contribution is 2.23. The number of piperidine rings is 1. The molecule has 1 saturated heterocycles. The van der Waals surface area contributed by atoms with Gasteiger partial charge in [0.1, 0.15) is 0 Å². The van der Waals surface area contributed by atoms with Crippen molar-refractivity contribution in [3.8, 4) is 0 Å². The predicted octanol–water partition coefficient (Wildman–Crippen LogP) is 1.42. The third-order valence-corrected chi connectivity index (χ3v) is 3.98. The van der Waals surface area contributed by atoms with Crippen LogP contribution in [0.2, 0.25) is 0 Å². The average Bonchev–Trinajstić information content (AvgIpc) is 2.43. The largest absolute Gasteiger partial charge is 0.471 e. The maximum Gasteiger partial charge on any atom is 0.471 e. The second kappa shape index (κ2) is 7.30. The SMILES string of the molecule is CCCC(C)(N)C(=O)NCC1CCN(C(=O)C(F)(F)F)CC1. The minimum atomic E-state index is -4.82. The van der Waals surface area contributed by atoms with Crippen molar-refractivity contribution in [2.24, 2.45) is 11.7 Å². The Kier molecular flexibility index (Phi) is 6.22. The van der Waals surface area contributed by atoms with Crippen LogP contribution >= 0.6 is 0 Å². The fourth-order valence-electron chi connectivity index (χ4n) is 2.59. The second-order valence-corrected chi connectivity index (χ2v) is 6.11. The van der Waals surface area contributed by atoms with Crippen LogP contribution in [0.15, 0.2) is 0 Å². The summed E-state index contributed by atoms with van der Waals surface area (Å²) < 4.78 is 37.0. The summed E-state index contributed by atoms with van der Waals surface area (Å²) in [6.07, 6.45) is -2.58. The molecule has 0 aromatic carbocycles. The molecule has 3 N–H and O–H groups in total. The van der Waals surface area contributed by atoms with Gasteiger partial charge in [-0.3, -0.25) is 9.59 Å². The van der Waals surface area contributed by atoms with Gasteiger partial charge >= 0.3 is 12.1 Å². The van der Waals surface area contributed by atoms with E-state index in [0.29, 0.717) is 25.8 Å². The molecular weight excluding hydrogens is 299 g/mol. The molecule has 5 nitrogen and oxygen atoms in total. The van der Waals surface area contributed by atoms with Gasteiger partial charge in [-0.2, -0.15) is 13.2 Å². The van der Waals surface area contributed by atoms with Gasteiger partial charge in [-0.25, -0.2) is 0 Å². The Morgan fingerprint density at radius 2 is 1.82 bits per heavy atom. The van der Waals surface area contributed by atoms with Crippen molar-refractivity contribution in [3.05, 3.63) is 0 Å². The van der Waals surface area contributed by atoms with E-state index in [1.165, 1.54) is 0 Å². The Balaban J connectivity index is 2.38. The highest BCUT2D eigenvalue weighted by Gasteiger charge is 2.43. The van der Waals surface area contributed by atoms with Crippen LogP contribution < -0.4 is 11.1 Å². The minimum absolute atomic E-state index is 0.0632. The van der Waals surface area contributed by atoms with Gasteiger partial charge < -0.3 is 16.0 Å². The molecule has 1 aliphatic heterocycles. The maximum absolute atomic E-state index is 12.3. The number of carbonyl (C=O) groups is 2. The van der Waals surface area contributed by atoms with Crippen LogP contribution in [0.3, 0.4) is 0 Å². The molecule has 1 atom stereocenters.